The van der Waals surface area contributed by atoms with Crippen LogP contribution in [0.15, 0.2) is 55.1 Å². The van der Waals surface area contributed by atoms with E-state index < -0.39 is 24.1 Å². The average molecular weight is 411 g/mol. The van der Waals surface area contributed by atoms with E-state index in [1.165, 1.54) is 24.5 Å². The molecular weight excluding hydrogens is 396 g/mol. The smallest absolute Gasteiger partial charge is 0.295 e. The van der Waals surface area contributed by atoms with Gasteiger partial charge in [-0.15, -0.1) is 0 Å². The summed E-state index contributed by atoms with van der Waals surface area (Å²) in [6, 6.07) is 11.2. The molecule has 11 heteroatoms. The van der Waals surface area contributed by atoms with Crippen LogP contribution in [0.4, 0.5) is 14.5 Å². The van der Waals surface area contributed by atoms with Crippen LogP contribution in [-0.2, 0) is 4.79 Å². The number of aromatic amines is 1. The first-order chi connectivity index (χ1) is 14.5. The molecule has 2 aromatic heterocycles. The highest BCUT2D eigenvalue weighted by Crippen LogP contribution is 2.20. The van der Waals surface area contributed by atoms with E-state index in [9.17, 15) is 18.4 Å². The molecule has 9 nitrogen and oxygen atoms in total. The minimum absolute atomic E-state index is 0.219. The Balaban J connectivity index is 1.34. The number of amides is 2. The summed E-state index contributed by atoms with van der Waals surface area (Å²) in [6.07, 6.45) is 0.238. The molecule has 0 saturated carbocycles. The minimum Gasteiger partial charge on any atom is -0.343 e. The first-order valence-electron chi connectivity index (χ1n) is 8.80. The van der Waals surface area contributed by atoms with Gasteiger partial charge in [-0.1, -0.05) is 0 Å². The van der Waals surface area contributed by atoms with Crippen LogP contribution in [0.5, 0.6) is 0 Å². The third-order valence-corrected chi connectivity index (χ3v) is 4.21. The van der Waals surface area contributed by atoms with Crippen LogP contribution < -0.4 is 10.6 Å². The largest absolute Gasteiger partial charge is 0.343 e. The molecular formula is C19H15F2N7O2. The molecule has 4 aromatic rings. The summed E-state index contributed by atoms with van der Waals surface area (Å²) >= 11 is 0. The molecule has 2 aromatic carbocycles. The Kier molecular flexibility index (Phi) is 5.16. The highest BCUT2D eigenvalue weighted by molar-refractivity contribution is 6.01. The fourth-order valence-electron chi connectivity index (χ4n) is 2.78. The molecule has 0 aliphatic rings. The monoisotopic (exact) mass is 411 g/mol. The molecule has 2 heterocycles. The van der Waals surface area contributed by atoms with Crippen LogP contribution in [0.3, 0.4) is 0 Å². The van der Waals surface area contributed by atoms with Gasteiger partial charge in [0.25, 0.3) is 12.3 Å². The number of carbonyl (C=O) groups is 2. The standard InChI is InChI=1S/C19H15F2N7O2/c20-17(21)18-26-14-6-1-11(7-15(14)27-18)19(30)23-8-16(29)25-12-2-4-13(5-3-12)28-10-22-9-24-28/h1-7,9-10,17H,8H2,(H,23,30)(H,25,29)(H,26,27). The number of halogens is 2. The molecule has 0 radical (unpaired) electrons. The van der Waals surface area contributed by atoms with Gasteiger partial charge < -0.3 is 15.6 Å². The normalized spacial score (nSPS) is 11.0. The fraction of sp³-hybridized carbons (Fsp3) is 0.105. The summed E-state index contributed by atoms with van der Waals surface area (Å²) < 4.78 is 27.0. The van der Waals surface area contributed by atoms with E-state index in [-0.39, 0.29) is 12.1 Å². The minimum atomic E-state index is -2.73. The molecule has 0 bridgehead atoms. The molecule has 0 saturated heterocycles. The lowest BCUT2D eigenvalue weighted by Gasteiger charge is -2.08. The Labute approximate surface area is 168 Å². The number of rotatable bonds is 6. The number of carbonyl (C=O) groups excluding carboxylic acids is 2. The van der Waals surface area contributed by atoms with E-state index >= 15 is 0 Å². The quantitative estimate of drug-likeness (QED) is 0.451. The number of anilines is 1. The predicted molar refractivity (Wildman–Crippen MR) is 103 cm³/mol. The molecule has 0 atom stereocenters. The van der Waals surface area contributed by atoms with Crippen LogP contribution in [0.1, 0.15) is 22.6 Å². The zero-order valence-corrected chi connectivity index (χ0v) is 15.3. The van der Waals surface area contributed by atoms with Gasteiger partial charge in [-0.25, -0.2) is 23.4 Å². The number of fused-ring (bicyclic) bond motifs is 1. The Hall–Kier alpha value is -4.15. The van der Waals surface area contributed by atoms with Crippen LogP contribution in [0, 0.1) is 0 Å². The zero-order chi connectivity index (χ0) is 21.1. The summed E-state index contributed by atoms with van der Waals surface area (Å²) in [4.78, 5) is 34.5. The highest BCUT2D eigenvalue weighted by Gasteiger charge is 2.14. The number of H-pyrrole nitrogens is 1. The van der Waals surface area contributed by atoms with Crippen molar-refractivity contribution >= 4 is 28.5 Å². The molecule has 4 rings (SSSR count). The van der Waals surface area contributed by atoms with Crippen molar-refractivity contribution in [2.45, 2.75) is 6.43 Å². The van der Waals surface area contributed by atoms with E-state index in [1.54, 1.807) is 35.3 Å². The van der Waals surface area contributed by atoms with Gasteiger partial charge in [0, 0.05) is 11.3 Å². The number of imidazole rings is 1. The molecule has 0 aliphatic heterocycles. The number of hydrogen-bond donors (Lipinski definition) is 3. The van der Waals surface area contributed by atoms with Gasteiger partial charge in [-0.3, -0.25) is 9.59 Å². The maximum absolute atomic E-state index is 12.7. The molecule has 0 unspecified atom stereocenters. The number of nitrogens with one attached hydrogen (secondary N) is 3. The van der Waals surface area contributed by atoms with Crippen LogP contribution in [0.25, 0.3) is 16.7 Å². The summed E-state index contributed by atoms with van der Waals surface area (Å²) in [7, 11) is 0. The Morgan fingerprint density at radius 2 is 1.93 bits per heavy atom. The third kappa shape index (κ3) is 4.14. The van der Waals surface area contributed by atoms with Gasteiger partial charge in [0.1, 0.15) is 12.7 Å². The van der Waals surface area contributed by atoms with Gasteiger partial charge in [0.15, 0.2) is 5.82 Å². The zero-order valence-electron chi connectivity index (χ0n) is 15.3. The van der Waals surface area contributed by atoms with Crippen LogP contribution >= 0.6 is 0 Å². The molecule has 30 heavy (non-hydrogen) atoms. The Morgan fingerprint density at radius 1 is 1.13 bits per heavy atom. The molecule has 0 spiro atoms. The lowest BCUT2D eigenvalue weighted by molar-refractivity contribution is -0.115. The van der Waals surface area contributed by atoms with Crippen molar-refractivity contribution in [3.8, 4) is 5.69 Å². The molecule has 152 valence electrons. The van der Waals surface area contributed by atoms with Crippen molar-refractivity contribution in [1.29, 1.82) is 0 Å². The van der Waals surface area contributed by atoms with E-state index in [0.29, 0.717) is 16.7 Å². The Morgan fingerprint density at radius 3 is 2.63 bits per heavy atom. The molecule has 0 fully saturated rings. The topological polar surface area (TPSA) is 118 Å². The third-order valence-electron chi connectivity index (χ3n) is 4.21. The lowest BCUT2D eigenvalue weighted by atomic mass is 10.2. The second kappa shape index (κ2) is 8.07. The molecule has 2 amide bonds. The van der Waals surface area contributed by atoms with Crippen molar-refractivity contribution in [2.24, 2.45) is 0 Å². The first kappa shape index (κ1) is 19.2. The van der Waals surface area contributed by atoms with E-state index in [4.69, 9.17) is 0 Å². The summed E-state index contributed by atoms with van der Waals surface area (Å²) in [5.74, 6) is -1.39. The predicted octanol–water partition coefficient (Wildman–Crippen LogP) is 2.45. The average Bonchev–Trinajstić information content (AvgIpc) is 3.42. The SMILES string of the molecule is O=C(CNC(=O)c1ccc2nc(C(F)F)[nH]c2c1)Nc1ccc(-n2cncn2)cc1. The van der Waals surface area contributed by atoms with Gasteiger partial charge in [-0.2, -0.15) is 5.10 Å². The van der Waals surface area contributed by atoms with Crippen molar-refractivity contribution in [3.63, 3.8) is 0 Å². The number of alkyl halides is 2. The first-order valence-corrected chi connectivity index (χ1v) is 8.80. The van der Waals surface area contributed by atoms with Crippen molar-refractivity contribution < 1.29 is 18.4 Å². The van der Waals surface area contributed by atoms with Gasteiger partial charge >= 0.3 is 0 Å². The number of aromatic nitrogens is 5. The maximum Gasteiger partial charge on any atom is 0.295 e. The number of benzene rings is 2. The number of nitrogens with zero attached hydrogens (tertiary/aromatic N) is 4. The Bertz CT molecular complexity index is 1190. The molecule has 3 N–H and O–H groups in total. The fourth-order valence-corrected chi connectivity index (χ4v) is 2.78. The molecule has 0 aliphatic carbocycles. The maximum atomic E-state index is 12.7. The summed E-state index contributed by atoms with van der Waals surface area (Å²) in [6.45, 7) is -0.257. The van der Waals surface area contributed by atoms with Crippen molar-refractivity contribution in [3.05, 3.63) is 66.5 Å². The summed E-state index contributed by atoms with van der Waals surface area (Å²) in [5.41, 5.74) is 2.19. The van der Waals surface area contributed by atoms with Crippen molar-refractivity contribution in [2.75, 3.05) is 11.9 Å². The van der Waals surface area contributed by atoms with Crippen molar-refractivity contribution in [1.82, 2.24) is 30.0 Å². The van der Waals surface area contributed by atoms with Gasteiger partial charge in [0.05, 0.1) is 23.3 Å². The van der Waals surface area contributed by atoms with E-state index in [0.717, 1.165) is 5.69 Å². The lowest BCUT2D eigenvalue weighted by Crippen LogP contribution is -2.32. The summed E-state index contributed by atoms with van der Waals surface area (Å²) in [5, 5.41) is 9.17. The second-order valence-corrected chi connectivity index (χ2v) is 6.27. The van der Waals surface area contributed by atoms with Crippen LogP contribution in [-0.4, -0.2) is 43.1 Å². The highest BCUT2D eigenvalue weighted by atomic mass is 19.3. The van der Waals surface area contributed by atoms with E-state index in [2.05, 4.69) is 30.7 Å². The second-order valence-electron chi connectivity index (χ2n) is 6.27. The van der Waals surface area contributed by atoms with Gasteiger partial charge in [-0.05, 0) is 42.5 Å². The van der Waals surface area contributed by atoms with Gasteiger partial charge in [0.2, 0.25) is 5.91 Å². The van der Waals surface area contributed by atoms with E-state index in [1.807, 2.05) is 0 Å². The van der Waals surface area contributed by atoms with Crippen LogP contribution in [0.2, 0.25) is 0 Å². The number of hydrogen-bond acceptors (Lipinski definition) is 5.